The molecule has 1 aromatic rings. The summed E-state index contributed by atoms with van der Waals surface area (Å²) in [6.45, 7) is 2.06. The fraction of sp³-hybridized carbons (Fsp3) is 0.571. The van der Waals surface area contributed by atoms with E-state index in [0.717, 1.165) is 31.5 Å². The standard InChI is InChI=1S/C14H18F3N3O/c1-18-7-10-3-2-6-20(9-10)13(21)12-5-4-11(8-19-12)14(15,16)17/h4-5,8,10,18H,2-3,6-7,9H2,1H3. The average Bonchev–Trinajstić information content (AvgIpc) is 2.46. The van der Waals surface area contributed by atoms with Crippen LogP contribution in [0.3, 0.4) is 0 Å². The number of nitrogens with one attached hydrogen (secondary N) is 1. The molecule has 2 heterocycles. The van der Waals surface area contributed by atoms with Crippen molar-refractivity contribution in [1.29, 1.82) is 0 Å². The maximum atomic E-state index is 12.5. The zero-order valence-electron chi connectivity index (χ0n) is 11.8. The second-order valence-electron chi connectivity index (χ2n) is 5.25. The van der Waals surface area contributed by atoms with E-state index < -0.39 is 11.7 Å². The van der Waals surface area contributed by atoms with Gasteiger partial charge >= 0.3 is 6.18 Å². The lowest BCUT2D eigenvalue weighted by molar-refractivity contribution is -0.137. The Balaban J connectivity index is 2.05. The molecular weight excluding hydrogens is 283 g/mol. The highest BCUT2D eigenvalue weighted by atomic mass is 19.4. The van der Waals surface area contributed by atoms with E-state index in [2.05, 4.69) is 10.3 Å². The van der Waals surface area contributed by atoms with Crippen molar-refractivity contribution in [2.45, 2.75) is 19.0 Å². The lowest BCUT2D eigenvalue weighted by atomic mass is 9.98. The number of amides is 1. The molecule has 21 heavy (non-hydrogen) atoms. The zero-order chi connectivity index (χ0) is 15.5. The van der Waals surface area contributed by atoms with E-state index in [0.29, 0.717) is 25.2 Å². The van der Waals surface area contributed by atoms with Gasteiger partial charge in [0.25, 0.3) is 5.91 Å². The predicted octanol–water partition coefficient (Wildman–Crippen LogP) is 2.17. The molecule has 0 bridgehead atoms. The molecule has 7 heteroatoms. The molecule has 1 atom stereocenters. The highest BCUT2D eigenvalue weighted by Crippen LogP contribution is 2.28. The molecule has 1 amide bonds. The van der Waals surface area contributed by atoms with E-state index in [4.69, 9.17) is 0 Å². The van der Waals surface area contributed by atoms with Crippen LogP contribution < -0.4 is 5.32 Å². The molecule has 0 spiro atoms. The molecule has 0 aromatic carbocycles. The Morgan fingerprint density at radius 1 is 1.48 bits per heavy atom. The summed E-state index contributed by atoms with van der Waals surface area (Å²) in [5.41, 5.74) is -0.779. The monoisotopic (exact) mass is 301 g/mol. The van der Waals surface area contributed by atoms with Gasteiger partial charge in [-0.2, -0.15) is 13.2 Å². The summed E-state index contributed by atoms with van der Waals surface area (Å²) in [5.74, 6) is 0.0756. The van der Waals surface area contributed by atoms with Gasteiger partial charge in [-0.25, -0.2) is 0 Å². The van der Waals surface area contributed by atoms with Gasteiger partial charge in [-0.3, -0.25) is 9.78 Å². The summed E-state index contributed by atoms with van der Waals surface area (Å²) < 4.78 is 37.4. The van der Waals surface area contributed by atoms with Crippen molar-refractivity contribution in [2.24, 2.45) is 5.92 Å². The third-order valence-corrected chi connectivity index (χ3v) is 3.61. The molecule has 116 valence electrons. The van der Waals surface area contributed by atoms with Gasteiger partial charge in [0.15, 0.2) is 0 Å². The minimum Gasteiger partial charge on any atom is -0.337 e. The average molecular weight is 301 g/mol. The number of halogens is 3. The van der Waals surface area contributed by atoms with Crippen LogP contribution in [0.15, 0.2) is 18.3 Å². The SMILES string of the molecule is CNCC1CCCN(C(=O)c2ccc(C(F)(F)F)cn2)C1. The summed E-state index contributed by atoms with van der Waals surface area (Å²) >= 11 is 0. The number of rotatable bonds is 3. The number of carbonyl (C=O) groups excluding carboxylic acids is 1. The van der Waals surface area contributed by atoms with Crippen molar-refractivity contribution in [2.75, 3.05) is 26.7 Å². The van der Waals surface area contributed by atoms with E-state index in [1.54, 1.807) is 4.90 Å². The summed E-state index contributed by atoms with van der Waals surface area (Å²) in [4.78, 5) is 17.6. The number of likely N-dealkylation sites (tertiary alicyclic amines) is 1. The van der Waals surface area contributed by atoms with E-state index in [1.165, 1.54) is 0 Å². The van der Waals surface area contributed by atoms with Gasteiger partial charge in [-0.1, -0.05) is 0 Å². The molecule has 1 aliphatic heterocycles. The Hall–Kier alpha value is -1.63. The first kappa shape index (κ1) is 15.8. The molecule has 1 saturated heterocycles. The molecule has 2 rings (SSSR count). The number of hydrogen-bond donors (Lipinski definition) is 1. The number of alkyl halides is 3. The summed E-state index contributed by atoms with van der Waals surface area (Å²) in [5, 5.41) is 3.08. The first-order chi connectivity index (χ1) is 9.91. The van der Waals surface area contributed by atoms with Gasteiger partial charge in [-0.05, 0) is 44.5 Å². The van der Waals surface area contributed by atoms with Gasteiger partial charge in [0.05, 0.1) is 5.56 Å². The Morgan fingerprint density at radius 2 is 2.24 bits per heavy atom. The first-order valence-corrected chi connectivity index (χ1v) is 6.89. The second kappa shape index (κ2) is 6.43. The topological polar surface area (TPSA) is 45.2 Å². The van der Waals surface area contributed by atoms with Crippen LogP contribution in [-0.2, 0) is 6.18 Å². The number of nitrogens with zero attached hydrogens (tertiary/aromatic N) is 2. The van der Waals surface area contributed by atoms with Crippen molar-refractivity contribution >= 4 is 5.91 Å². The van der Waals surface area contributed by atoms with Crippen molar-refractivity contribution in [3.8, 4) is 0 Å². The van der Waals surface area contributed by atoms with Crippen LogP contribution >= 0.6 is 0 Å². The predicted molar refractivity (Wildman–Crippen MR) is 71.8 cm³/mol. The number of piperidine rings is 1. The number of pyridine rings is 1. The van der Waals surface area contributed by atoms with Gasteiger partial charge in [0.2, 0.25) is 0 Å². The Morgan fingerprint density at radius 3 is 2.81 bits per heavy atom. The summed E-state index contributed by atoms with van der Waals surface area (Å²) in [7, 11) is 1.86. The minimum absolute atomic E-state index is 0.0631. The van der Waals surface area contributed by atoms with Crippen LogP contribution in [0.4, 0.5) is 13.2 Å². The summed E-state index contributed by atoms with van der Waals surface area (Å²) in [6.07, 6.45) is -1.77. The molecule has 1 N–H and O–H groups in total. The van der Waals surface area contributed by atoms with Gasteiger partial charge in [-0.15, -0.1) is 0 Å². The molecule has 0 aliphatic carbocycles. The molecule has 1 unspecified atom stereocenters. The maximum absolute atomic E-state index is 12.5. The van der Waals surface area contributed by atoms with Crippen molar-refractivity contribution in [3.05, 3.63) is 29.6 Å². The zero-order valence-corrected chi connectivity index (χ0v) is 11.8. The van der Waals surface area contributed by atoms with Crippen LogP contribution in [-0.4, -0.2) is 42.5 Å². The molecule has 1 fully saturated rings. The van der Waals surface area contributed by atoms with Gasteiger partial charge < -0.3 is 10.2 Å². The van der Waals surface area contributed by atoms with Crippen LogP contribution in [0.2, 0.25) is 0 Å². The molecule has 0 saturated carbocycles. The first-order valence-electron chi connectivity index (χ1n) is 6.89. The normalized spacial score (nSPS) is 19.6. The Labute approximate surface area is 121 Å². The quantitative estimate of drug-likeness (QED) is 0.930. The third-order valence-electron chi connectivity index (χ3n) is 3.61. The smallest absolute Gasteiger partial charge is 0.337 e. The van der Waals surface area contributed by atoms with E-state index in [9.17, 15) is 18.0 Å². The lowest BCUT2D eigenvalue weighted by Crippen LogP contribution is -2.42. The molecule has 1 aromatic heterocycles. The number of aromatic nitrogens is 1. The van der Waals surface area contributed by atoms with Crippen molar-refractivity contribution in [3.63, 3.8) is 0 Å². The maximum Gasteiger partial charge on any atom is 0.417 e. The second-order valence-corrected chi connectivity index (χ2v) is 5.25. The fourth-order valence-electron chi connectivity index (χ4n) is 2.55. The van der Waals surface area contributed by atoms with E-state index in [-0.39, 0.29) is 11.6 Å². The van der Waals surface area contributed by atoms with E-state index in [1.807, 2.05) is 7.05 Å². The van der Waals surface area contributed by atoms with Crippen LogP contribution in [0.25, 0.3) is 0 Å². The molecular formula is C14H18F3N3O. The number of hydrogen-bond acceptors (Lipinski definition) is 3. The van der Waals surface area contributed by atoms with Crippen LogP contribution in [0, 0.1) is 5.92 Å². The number of carbonyl (C=O) groups is 1. The van der Waals surface area contributed by atoms with Crippen LogP contribution in [0.1, 0.15) is 28.9 Å². The largest absolute Gasteiger partial charge is 0.417 e. The summed E-state index contributed by atoms with van der Waals surface area (Å²) in [6, 6.07) is 2.04. The van der Waals surface area contributed by atoms with Crippen LogP contribution in [0.5, 0.6) is 0 Å². The molecule has 4 nitrogen and oxygen atoms in total. The fourth-order valence-corrected chi connectivity index (χ4v) is 2.55. The van der Waals surface area contributed by atoms with Gasteiger partial charge in [0.1, 0.15) is 5.69 Å². The highest BCUT2D eigenvalue weighted by Gasteiger charge is 2.31. The molecule has 1 aliphatic rings. The minimum atomic E-state index is -4.43. The lowest BCUT2D eigenvalue weighted by Gasteiger charge is -2.32. The Bertz CT molecular complexity index is 485. The van der Waals surface area contributed by atoms with E-state index >= 15 is 0 Å². The van der Waals surface area contributed by atoms with Gasteiger partial charge in [0, 0.05) is 19.3 Å². The van der Waals surface area contributed by atoms with Crippen molar-refractivity contribution in [1.82, 2.24) is 15.2 Å². The third kappa shape index (κ3) is 3.93. The molecule has 0 radical (unpaired) electrons. The highest BCUT2D eigenvalue weighted by molar-refractivity contribution is 5.92. The van der Waals surface area contributed by atoms with Crippen molar-refractivity contribution < 1.29 is 18.0 Å². The Kier molecular flexibility index (Phi) is 4.82.